The van der Waals surface area contributed by atoms with E-state index in [9.17, 15) is 0 Å². The van der Waals surface area contributed by atoms with Crippen LogP contribution in [-0.4, -0.2) is 54.9 Å². The van der Waals surface area contributed by atoms with Crippen LogP contribution in [0.3, 0.4) is 0 Å². The molecule has 1 fully saturated rings. The highest BCUT2D eigenvalue weighted by atomic mass is 16.5. The number of ether oxygens (including phenoxy) is 2. The molecule has 0 unspecified atom stereocenters. The van der Waals surface area contributed by atoms with Gasteiger partial charge in [-0.25, -0.2) is 0 Å². The zero-order chi connectivity index (χ0) is 12.8. The summed E-state index contributed by atoms with van der Waals surface area (Å²) in [6, 6.07) is 0.373. The Balaban J connectivity index is 2.16. The van der Waals surface area contributed by atoms with Crippen LogP contribution in [0.25, 0.3) is 0 Å². The van der Waals surface area contributed by atoms with Crippen LogP contribution in [0.1, 0.15) is 13.3 Å². The van der Waals surface area contributed by atoms with Gasteiger partial charge in [-0.1, -0.05) is 6.92 Å². The van der Waals surface area contributed by atoms with Gasteiger partial charge in [0.15, 0.2) is 0 Å². The minimum Gasteiger partial charge on any atom is -0.463 e. The van der Waals surface area contributed by atoms with Crippen molar-refractivity contribution in [1.29, 1.82) is 0 Å². The topological polar surface area (TPSA) is 72.4 Å². The van der Waals surface area contributed by atoms with Crippen LogP contribution in [0.15, 0.2) is 0 Å². The van der Waals surface area contributed by atoms with E-state index in [1.807, 2.05) is 6.92 Å². The summed E-state index contributed by atoms with van der Waals surface area (Å²) >= 11 is 0. The molecule has 0 atom stereocenters. The Hall–Kier alpha value is -1.63. The van der Waals surface area contributed by atoms with Gasteiger partial charge in [0.1, 0.15) is 0 Å². The highest BCUT2D eigenvalue weighted by Crippen LogP contribution is 2.16. The molecule has 0 bridgehead atoms. The average molecular weight is 253 g/mol. The van der Waals surface area contributed by atoms with Crippen LogP contribution in [-0.2, 0) is 4.74 Å². The van der Waals surface area contributed by atoms with Gasteiger partial charge in [-0.2, -0.15) is 15.0 Å². The summed E-state index contributed by atoms with van der Waals surface area (Å²) in [5.41, 5.74) is 0. The van der Waals surface area contributed by atoms with Gasteiger partial charge in [-0.05, 0) is 6.42 Å². The first-order valence-electron chi connectivity index (χ1n) is 6.22. The lowest BCUT2D eigenvalue weighted by Gasteiger charge is -2.26. The van der Waals surface area contributed by atoms with E-state index in [4.69, 9.17) is 9.47 Å². The third kappa shape index (κ3) is 3.19. The second-order valence-corrected chi connectivity index (χ2v) is 3.94. The fourth-order valence-electron chi connectivity index (χ4n) is 1.62. The summed E-state index contributed by atoms with van der Waals surface area (Å²) in [5, 5.41) is 2.92. The van der Waals surface area contributed by atoms with Crippen LogP contribution >= 0.6 is 0 Å². The molecule has 0 amide bonds. The van der Waals surface area contributed by atoms with Crippen molar-refractivity contribution in [1.82, 2.24) is 15.0 Å². The van der Waals surface area contributed by atoms with Crippen LogP contribution < -0.4 is 15.0 Å². The fourth-order valence-corrected chi connectivity index (χ4v) is 1.62. The molecule has 0 radical (unpaired) electrons. The summed E-state index contributed by atoms with van der Waals surface area (Å²) in [5.74, 6) is 1.17. The number of hydrogen-bond acceptors (Lipinski definition) is 7. The summed E-state index contributed by atoms with van der Waals surface area (Å²) in [7, 11) is 1.78. The molecule has 0 aromatic carbocycles. The summed E-state index contributed by atoms with van der Waals surface area (Å²) < 4.78 is 10.8. The van der Waals surface area contributed by atoms with Gasteiger partial charge in [-0.15, -0.1) is 0 Å². The number of anilines is 2. The Kier molecular flexibility index (Phi) is 4.52. The summed E-state index contributed by atoms with van der Waals surface area (Å²) in [6.45, 7) is 5.64. The zero-order valence-electron chi connectivity index (χ0n) is 10.8. The molecule has 7 nitrogen and oxygen atoms in total. The van der Waals surface area contributed by atoms with E-state index in [1.54, 1.807) is 7.05 Å². The maximum atomic E-state index is 5.47. The molecular formula is C11H19N5O2. The number of morpholine rings is 1. The van der Waals surface area contributed by atoms with E-state index < -0.39 is 0 Å². The Morgan fingerprint density at radius 1 is 1.28 bits per heavy atom. The minimum atomic E-state index is 0.373. The lowest BCUT2D eigenvalue weighted by Crippen LogP contribution is -2.37. The highest BCUT2D eigenvalue weighted by molar-refractivity contribution is 5.38. The van der Waals surface area contributed by atoms with Crippen molar-refractivity contribution in [2.75, 3.05) is 50.2 Å². The molecule has 1 N–H and O–H groups in total. The molecule has 2 rings (SSSR count). The quantitative estimate of drug-likeness (QED) is 0.821. The van der Waals surface area contributed by atoms with Crippen molar-refractivity contribution in [3.8, 4) is 6.01 Å². The molecule has 1 saturated heterocycles. The molecule has 2 heterocycles. The zero-order valence-corrected chi connectivity index (χ0v) is 10.8. The molecule has 18 heavy (non-hydrogen) atoms. The molecule has 1 aliphatic rings. The lowest BCUT2D eigenvalue weighted by atomic mass is 10.4. The first-order valence-corrected chi connectivity index (χ1v) is 6.22. The molecule has 1 aromatic heterocycles. The molecule has 100 valence electrons. The largest absolute Gasteiger partial charge is 0.463 e. The van der Waals surface area contributed by atoms with Crippen LogP contribution in [0.2, 0.25) is 0 Å². The van der Waals surface area contributed by atoms with E-state index in [-0.39, 0.29) is 0 Å². The molecule has 7 heteroatoms. The maximum absolute atomic E-state index is 5.47. The summed E-state index contributed by atoms with van der Waals surface area (Å²) in [4.78, 5) is 14.9. The van der Waals surface area contributed by atoms with Gasteiger partial charge in [0.25, 0.3) is 0 Å². The van der Waals surface area contributed by atoms with Crippen molar-refractivity contribution in [3.05, 3.63) is 0 Å². The first kappa shape index (κ1) is 12.8. The van der Waals surface area contributed by atoms with E-state index in [1.165, 1.54) is 0 Å². The van der Waals surface area contributed by atoms with Crippen molar-refractivity contribution in [3.63, 3.8) is 0 Å². The third-order valence-electron chi connectivity index (χ3n) is 2.56. The Labute approximate surface area is 107 Å². The maximum Gasteiger partial charge on any atom is 0.323 e. The highest BCUT2D eigenvalue weighted by Gasteiger charge is 2.16. The molecular weight excluding hydrogens is 234 g/mol. The van der Waals surface area contributed by atoms with Crippen molar-refractivity contribution in [2.24, 2.45) is 0 Å². The van der Waals surface area contributed by atoms with Gasteiger partial charge in [0.2, 0.25) is 11.9 Å². The molecule has 0 saturated carbocycles. The van der Waals surface area contributed by atoms with Crippen LogP contribution in [0.4, 0.5) is 11.9 Å². The number of hydrogen-bond donors (Lipinski definition) is 1. The van der Waals surface area contributed by atoms with Gasteiger partial charge in [0.05, 0.1) is 19.8 Å². The van der Waals surface area contributed by atoms with Crippen LogP contribution in [0.5, 0.6) is 6.01 Å². The van der Waals surface area contributed by atoms with Crippen molar-refractivity contribution in [2.45, 2.75) is 13.3 Å². The van der Waals surface area contributed by atoms with Gasteiger partial charge in [-0.3, -0.25) is 0 Å². The van der Waals surface area contributed by atoms with Crippen LogP contribution in [0, 0.1) is 0 Å². The minimum absolute atomic E-state index is 0.373. The van der Waals surface area contributed by atoms with Gasteiger partial charge < -0.3 is 19.7 Å². The van der Waals surface area contributed by atoms with E-state index in [0.717, 1.165) is 19.5 Å². The van der Waals surface area contributed by atoms with E-state index >= 15 is 0 Å². The van der Waals surface area contributed by atoms with E-state index in [0.29, 0.717) is 37.7 Å². The first-order chi connectivity index (χ1) is 8.83. The molecule has 1 aliphatic heterocycles. The van der Waals surface area contributed by atoms with Gasteiger partial charge in [0, 0.05) is 20.1 Å². The molecule has 0 aliphatic carbocycles. The van der Waals surface area contributed by atoms with Crippen molar-refractivity contribution < 1.29 is 9.47 Å². The second-order valence-electron chi connectivity index (χ2n) is 3.94. The predicted octanol–water partition coefficient (Wildman–Crippen LogP) is 0.539. The van der Waals surface area contributed by atoms with E-state index in [2.05, 4.69) is 25.2 Å². The number of rotatable bonds is 5. The molecule has 1 aromatic rings. The normalized spacial score (nSPS) is 15.6. The monoisotopic (exact) mass is 253 g/mol. The number of nitrogens with zero attached hydrogens (tertiary/aromatic N) is 4. The number of aromatic nitrogens is 3. The third-order valence-corrected chi connectivity index (χ3v) is 2.56. The Bertz CT molecular complexity index is 382. The summed E-state index contributed by atoms with van der Waals surface area (Å²) in [6.07, 6.45) is 0.924. The fraction of sp³-hybridized carbons (Fsp3) is 0.727. The molecule has 0 spiro atoms. The van der Waals surface area contributed by atoms with Gasteiger partial charge >= 0.3 is 6.01 Å². The standard InChI is InChI=1S/C11H19N5O2/c1-3-6-18-11-14-9(12-2)13-10(15-11)16-4-7-17-8-5-16/h3-8H2,1-2H3,(H,12,13,14,15). The second kappa shape index (κ2) is 6.34. The average Bonchev–Trinajstić information content (AvgIpc) is 2.45. The Morgan fingerprint density at radius 3 is 2.72 bits per heavy atom. The predicted molar refractivity (Wildman–Crippen MR) is 68.2 cm³/mol. The van der Waals surface area contributed by atoms with Crippen molar-refractivity contribution >= 4 is 11.9 Å². The SMILES string of the molecule is CCCOc1nc(NC)nc(N2CCOCC2)n1. The number of nitrogens with one attached hydrogen (secondary N) is 1. The smallest absolute Gasteiger partial charge is 0.323 e. The lowest BCUT2D eigenvalue weighted by molar-refractivity contribution is 0.122. The Morgan fingerprint density at radius 2 is 2.06 bits per heavy atom.